The monoisotopic (exact) mass is 246 g/mol. The van der Waals surface area contributed by atoms with Gasteiger partial charge >= 0.3 is 0 Å². The van der Waals surface area contributed by atoms with Crippen LogP contribution >= 0.6 is 0 Å². The van der Waals surface area contributed by atoms with E-state index in [0.717, 1.165) is 36.3 Å². The molecule has 2 aliphatic rings. The molecule has 1 heterocycles. The van der Waals surface area contributed by atoms with Crippen molar-refractivity contribution in [2.75, 3.05) is 5.73 Å². The molecule has 2 saturated carbocycles. The molecule has 0 aliphatic heterocycles. The maximum absolute atomic E-state index is 11.0. The molecule has 1 aromatic rings. The summed E-state index contributed by atoms with van der Waals surface area (Å²) in [5.74, 6) is 2.04. The van der Waals surface area contributed by atoms with Crippen molar-refractivity contribution in [2.24, 2.45) is 11.8 Å². The molecule has 0 amide bonds. The molecule has 3 nitrogen and oxygen atoms in total. The van der Waals surface area contributed by atoms with Gasteiger partial charge in [0, 0.05) is 11.8 Å². The average Bonchev–Trinajstić information content (AvgIpc) is 3.16. The molecule has 0 aromatic carbocycles. The summed E-state index contributed by atoms with van der Waals surface area (Å²) in [7, 11) is 0. The second kappa shape index (κ2) is 4.23. The minimum atomic E-state index is -0.741. The molecule has 0 bridgehead atoms. The molecular formula is C15H22N2O. The molecule has 98 valence electrons. The first-order chi connectivity index (χ1) is 8.58. The van der Waals surface area contributed by atoms with Crippen molar-refractivity contribution >= 4 is 5.82 Å². The van der Waals surface area contributed by atoms with Gasteiger partial charge < -0.3 is 10.8 Å². The first-order valence-corrected chi connectivity index (χ1v) is 7.03. The first-order valence-electron chi connectivity index (χ1n) is 7.03. The minimum Gasteiger partial charge on any atom is -0.385 e. The number of hydrogen-bond donors (Lipinski definition) is 2. The fraction of sp³-hybridized carbons (Fsp3) is 0.667. The van der Waals surface area contributed by atoms with E-state index >= 15 is 0 Å². The van der Waals surface area contributed by atoms with Crippen molar-refractivity contribution in [1.29, 1.82) is 0 Å². The van der Waals surface area contributed by atoms with E-state index in [0.29, 0.717) is 11.7 Å². The Labute approximate surface area is 108 Å². The van der Waals surface area contributed by atoms with Crippen molar-refractivity contribution in [1.82, 2.24) is 4.98 Å². The van der Waals surface area contributed by atoms with Gasteiger partial charge in [0.1, 0.15) is 5.82 Å². The Morgan fingerprint density at radius 2 is 2.11 bits per heavy atom. The molecule has 2 atom stereocenters. The van der Waals surface area contributed by atoms with Crippen LogP contribution in [0.4, 0.5) is 5.82 Å². The summed E-state index contributed by atoms with van der Waals surface area (Å²) in [5.41, 5.74) is 7.16. The van der Waals surface area contributed by atoms with E-state index in [4.69, 9.17) is 5.73 Å². The fourth-order valence-electron chi connectivity index (χ4n) is 3.46. The van der Waals surface area contributed by atoms with Crippen LogP contribution in [0.25, 0.3) is 0 Å². The summed E-state index contributed by atoms with van der Waals surface area (Å²) in [6, 6.07) is 2.01. The molecule has 2 aliphatic carbocycles. The third kappa shape index (κ3) is 2.12. The van der Waals surface area contributed by atoms with Gasteiger partial charge in [-0.1, -0.05) is 0 Å². The van der Waals surface area contributed by atoms with E-state index in [1.54, 1.807) is 6.20 Å². The lowest BCUT2D eigenvalue weighted by atomic mass is 9.72. The highest BCUT2D eigenvalue weighted by Crippen LogP contribution is 2.50. The van der Waals surface area contributed by atoms with Crippen LogP contribution in [0, 0.1) is 18.8 Å². The van der Waals surface area contributed by atoms with Gasteiger partial charge in [-0.2, -0.15) is 0 Å². The Kier molecular flexibility index (Phi) is 2.81. The van der Waals surface area contributed by atoms with E-state index in [9.17, 15) is 5.11 Å². The normalized spacial score (nSPS) is 32.4. The van der Waals surface area contributed by atoms with Crippen molar-refractivity contribution in [3.05, 3.63) is 23.4 Å². The van der Waals surface area contributed by atoms with Crippen molar-refractivity contribution in [2.45, 2.75) is 51.0 Å². The summed E-state index contributed by atoms with van der Waals surface area (Å²) in [6.45, 7) is 2.00. The second-order valence-electron chi connectivity index (χ2n) is 6.17. The number of aliphatic hydroxyl groups is 1. The van der Waals surface area contributed by atoms with Crippen LogP contribution in [-0.2, 0) is 5.60 Å². The molecule has 2 unspecified atom stereocenters. The van der Waals surface area contributed by atoms with Crippen LogP contribution in [-0.4, -0.2) is 10.1 Å². The number of nitrogens with zero attached hydrogens (tertiary/aromatic N) is 1. The topological polar surface area (TPSA) is 59.1 Å². The highest BCUT2D eigenvalue weighted by atomic mass is 16.3. The molecule has 1 aromatic heterocycles. The molecule has 0 radical (unpaired) electrons. The number of aromatic nitrogens is 1. The Balaban J connectivity index is 1.90. The predicted octanol–water partition coefficient (Wildman–Crippen LogP) is 2.76. The van der Waals surface area contributed by atoms with E-state index < -0.39 is 5.60 Å². The lowest BCUT2D eigenvalue weighted by Gasteiger charge is -2.38. The van der Waals surface area contributed by atoms with Crippen LogP contribution in [0.1, 0.15) is 49.7 Å². The van der Waals surface area contributed by atoms with Crippen molar-refractivity contribution in [3.8, 4) is 0 Å². The summed E-state index contributed by atoms with van der Waals surface area (Å²) in [5, 5.41) is 11.0. The Hall–Kier alpha value is -1.09. The molecule has 18 heavy (non-hydrogen) atoms. The van der Waals surface area contributed by atoms with Crippen LogP contribution in [0.3, 0.4) is 0 Å². The van der Waals surface area contributed by atoms with Crippen LogP contribution < -0.4 is 5.73 Å². The maximum Gasteiger partial charge on any atom is 0.129 e. The molecular weight excluding hydrogens is 224 g/mol. The quantitative estimate of drug-likeness (QED) is 0.843. The molecule has 3 N–H and O–H groups in total. The maximum atomic E-state index is 11.0. The number of nitrogen functional groups attached to an aromatic ring is 1. The number of aryl methyl sites for hydroxylation is 1. The average molecular weight is 246 g/mol. The molecule has 3 heteroatoms. The van der Waals surface area contributed by atoms with Gasteiger partial charge in [-0.15, -0.1) is 0 Å². The van der Waals surface area contributed by atoms with Gasteiger partial charge in [0.05, 0.1) is 5.60 Å². The van der Waals surface area contributed by atoms with Gasteiger partial charge in [-0.25, -0.2) is 4.98 Å². The zero-order valence-corrected chi connectivity index (χ0v) is 11.0. The molecule has 2 fully saturated rings. The molecule has 3 rings (SSSR count). The lowest BCUT2D eigenvalue weighted by Crippen LogP contribution is -2.34. The highest BCUT2D eigenvalue weighted by molar-refractivity contribution is 5.45. The first kappa shape index (κ1) is 12.0. The number of hydrogen-bond acceptors (Lipinski definition) is 3. The Morgan fingerprint density at radius 1 is 1.33 bits per heavy atom. The lowest BCUT2D eigenvalue weighted by molar-refractivity contribution is -0.0247. The predicted molar refractivity (Wildman–Crippen MR) is 72.0 cm³/mol. The standard InChI is InChI=1S/C15H22N2O/c1-10-7-13(14(16)17-9-10)15(18)6-2-3-12(8-15)11-4-5-11/h7,9,11-12,18H,2-6,8H2,1H3,(H2,16,17). The summed E-state index contributed by atoms with van der Waals surface area (Å²) >= 11 is 0. The smallest absolute Gasteiger partial charge is 0.129 e. The van der Waals surface area contributed by atoms with Crippen LogP contribution in [0.15, 0.2) is 12.3 Å². The highest BCUT2D eigenvalue weighted by Gasteiger charge is 2.42. The Bertz CT molecular complexity index is 456. The largest absolute Gasteiger partial charge is 0.385 e. The van der Waals surface area contributed by atoms with E-state index in [2.05, 4.69) is 4.98 Å². The third-order valence-corrected chi connectivity index (χ3v) is 4.61. The van der Waals surface area contributed by atoms with Crippen LogP contribution in [0.5, 0.6) is 0 Å². The van der Waals surface area contributed by atoms with Gasteiger partial charge in [-0.3, -0.25) is 0 Å². The Morgan fingerprint density at radius 3 is 2.83 bits per heavy atom. The van der Waals surface area contributed by atoms with Gasteiger partial charge in [0.2, 0.25) is 0 Å². The van der Waals surface area contributed by atoms with E-state index in [1.165, 1.54) is 19.3 Å². The summed E-state index contributed by atoms with van der Waals surface area (Å²) in [4.78, 5) is 4.20. The number of pyridine rings is 1. The van der Waals surface area contributed by atoms with E-state index in [1.807, 2.05) is 13.0 Å². The minimum absolute atomic E-state index is 0.500. The van der Waals surface area contributed by atoms with Gasteiger partial charge in [-0.05, 0) is 68.9 Å². The van der Waals surface area contributed by atoms with Crippen LogP contribution in [0.2, 0.25) is 0 Å². The number of rotatable bonds is 2. The zero-order valence-electron chi connectivity index (χ0n) is 11.0. The van der Waals surface area contributed by atoms with Crippen molar-refractivity contribution in [3.63, 3.8) is 0 Å². The summed E-state index contributed by atoms with van der Waals surface area (Å²) < 4.78 is 0. The van der Waals surface area contributed by atoms with E-state index in [-0.39, 0.29) is 0 Å². The number of anilines is 1. The van der Waals surface area contributed by atoms with Gasteiger partial charge in [0.15, 0.2) is 0 Å². The molecule has 0 spiro atoms. The van der Waals surface area contributed by atoms with Gasteiger partial charge in [0.25, 0.3) is 0 Å². The van der Waals surface area contributed by atoms with Crippen molar-refractivity contribution < 1.29 is 5.11 Å². The zero-order chi connectivity index (χ0) is 12.8. The second-order valence-corrected chi connectivity index (χ2v) is 6.17. The molecule has 0 saturated heterocycles. The third-order valence-electron chi connectivity index (χ3n) is 4.61. The summed E-state index contributed by atoms with van der Waals surface area (Å²) in [6.07, 6.45) is 8.53. The SMILES string of the molecule is Cc1cnc(N)c(C2(O)CCCC(C3CC3)C2)c1. The number of nitrogens with two attached hydrogens (primary N) is 1. The fourth-order valence-corrected chi connectivity index (χ4v) is 3.46.